The first-order chi connectivity index (χ1) is 14.9. The Hall–Kier alpha value is -3.34. The Morgan fingerprint density at radius 2 is 1.74 bits per heavy atom. The van der Waals surface area contributed by atoms with Gasteiger partial charge in [-0.2, -0.15) is 0 Å². The summed E-state index contributed by atoms with van der Waals surface area (Å²) in [7, 11) is 0. The van der Waals surface area contributed by atoms with Crippen LogP contribution in [0.1, 0.15) is 50.1 Å². The molecule has 1 aliphatic rings. The predicted molar refractivity (Wildman–Crippen MR) is 123 cm³/mol. The van der Waals surface area contributed by atoms with Crippen molar-refractivity contribution in [3.05, 3.63) is 83.7 Å². The quantitative estimate of drug-likeness (QED) is 0.597. The van der Waals surface area contributed by atoms with E-state index in [0.29, 0.717) is 6.42 Å². The fourth-order valence-electron chi connectivity index (χ4n) is 4.40. The average Bonchev–Trinajstić information content (AvgIpc) is 3.25. The first-order valence-electron chi connectivity index (χ1n) is 10.9. The van der Waals surface area contributed by atoms with Crippen LogP contribution in [0.2, 0.25) is 0 Å². The van der Waals surface area contributed by atoms with Crippen LogP contribution in [0.3, 0.4) is 0 Å². The molecule has 0 N–H and O–H groups in total. The van der Waals surface area contributed by atoms with Gasteiger partial charge in [0.15, 0.2) is 0 Å². The summed E-state index contributed by atoms with van der Waals surface area (Å²) in [6, 6.07) is 20.0. The molecule has 0 unspecified atom stereocenters. The highest BCUT2D eigenvalue weighted by Gasteiger charge is 2.37. The fourth-order valence-corrected chi connectivity index (χ4v) is 4.40. The molecule has 0 saturated carbocycles. The normalized spacial score (nSPS) is 14.9. The minimum Gasteiger partial charge on any atom is -0.331 e. The number of rotatable bonds is 5. The number of benzene rings is 2. The van der Waals surface area contributed by atoms with Crippen molar-refractivity contribution < 1.29 is 9.59 Å². The molecule has 0 aliphatic carbocycles. The molecule has 2 heterocycles. The molecule has 4 rings (SSSR count). The van der Waals surface area contributed by atoms with Crippen molar-refractivity contribution in [3.8, 4) is 5.69 Å². The van der Waals surface area contributed by atoms with Crippen molar-refractivity contribution in [2.24, 2.45) is 0 Å². The summed E-state index contributed by atoms with van der Waals surface area (Å²) in [5, 5.41) is 0. The third kappa shape index (κ3) is 3.76. The molecule has 0 bridgehead atoms. The van der Waals surface area contributed by atoms with Gasteiger partial charge < -0.3 is 9.47 Å². The summed E-state index contributed by atoms with van der Waals surface area (Å²) in [5.74, 6) is -0.0916. The van der Waals surface area contributed by atoms with Crippen molar-refractivity contribution in [1.82, 2.24) is 9.47 Å². The summed E-state index contributed by atoms with van der Waals surface area (Å²) < 4.78 is 2.16. The lowest BCUT2D eigenvalue weighted by Gasteiger charge is -2.40. The number of carbonyl (C=O) groups is 2. The molecule has 3 aromatic rings. The average molecular weight is 416 g/mol. The Kier molecular flexibility index (Phi) is 5.68. The zero-order valence-corrected chi connectivity index (χ0v) is 18.6. The lowest BCUT2D eigenvalue weighted by molar-refractivity contribution is -0.136. The summed E-state index contributed by atoms with van der Waals surface area (Å²) in [4.78, 5) is 29.9. The molecule has 160 valence electrons. The lowest BCUT2D eigenvalue weighted by atomic mass is 9.96. The first-order valence-corrected chi connectivity index (χ1v) is 10.9. The Bertz CT molecular complexity index is 1120. The van der Waals surface area contributed by atoms with E-state index in [1.165, 1.54) is 0 Å². The summed E-state index contributed by atoms with van der Waals surface area (Å²) in [6.45, 7) is 7.86. The highest BCUT2D eigenvalue weighted by Crippen LogP contribution is 2.42. The Morgan fingerprint density at radius 1 is 1.00 bits per heavy atom. The summed E-state index contributed by atoms with van der Waals surface area (Å²) in [5.41, 5.74) is 5.07. The largest absolute Gasteiger partial charge is 0.331 e. The Balaban J connectivity index is 1.84. The molecule has 0 spiro atoms. The van der Waals surface area contributed by atoms with E-state index in [0.717, 1.165) is 28.2 Å². The van der Waals surface area contributed by atoms with Gasteiger partial charge in [-0.15, -0.1) is 0 Å². The molecular weight excluding hydrogens is 386 g/mol. The van der Waals surface area contributed by atoms with Gasteiger partial charge in [0.05, 0.1) is 17.1 Å². The van der Waals surface area contributed by atoms with Crippen molar-refractivity contribution in [1.29, 1.82) is 0 Å². The molecule has 2 aromatic carbocycles. The van der Waals surface area contributed by atoms with Crippen LogP contribution in [-0.2, 0) is 9.59 Å². The molecule has 1 aromatic heterocycles. The number of aromatic nitrogens is 1. The second-order valence-electron chi connectivity index (χ2n) is 8.34. The molecule has 31 heavy (non-hydrogen) atoms. The van der Waals surface area contributed by atoms with E-state index in [1.54, 1.807) is 4.90 Å². The minimum atomic E-state index is -0.261. The van der Waals surface area contributed by atoms with E-state index in [4.69, 9.17) is 0 Å². The maximum atomic E-state index is 13.8. The van der Waals surface area contributed by atoms with Crippen LogP contribution >= 0.6 is 0 Å². The summed E-state index contributed by atoms with van der Waals surface area (Å²) >= 11 is 0. The molecule has 0 fully saturated rings. The second-order valence-corrected chi connectivity index (χ2v) is 8.34. The number of carbonyl (C=O) groups excluding carboxylic acids is 2. The maximum Gasteiger partial charge on any atom is 0.247 e. The van der Waals surface area contributed by atoms with Crippen LogP contribution in [0.5, 0.6) is 0 Å². The zero-order valence-electron chi connectivity index (χ0n) is 18.6. The van der Waals surface area contributed by atoms with Crippen LogP contribution < -0.4 is 4.90 Å². The number of hydrogen-bond donors (Lipinski definition) is 0. The number of anilines is 1. The monoisotopic (exact) mass is 415 g/mol. The standard InChI is InChI=1S/C26H29N3O2/c1-5-24(30)28(18(2)3)17-25(31)29-22-13-7-6-12-21(22)27-15-9-14-23(27)26(29)20-11-8-10-19(4)16-20/h6-16,18,26H,5,17H2,1-4H3/t26-/m0/s1. The Labute approximate surface area is 183 Å². The van der Waals surface area contributed by atoms with Gasteiger partial charge in [-0.25, -0.2) is 0 Å². The van der Waals surface area contributed by atoms with Crippen LogP contribution in [0.15, 0.2) is 66.9 Å². The van der Waals surface area contributed by atoms with Gasteiger partial charge in [0, 0.05) is 18.7 Å². The Morgan fingerprint density at radius 3 is 2.42 bits per heavy atom. The number of hydrogen-bond acceptors (Lipinski definition) is 2. The van der Waals surface area contributed by atoms with Gasteiger partial charge in [0.1, 0.15) is 12.6 Å². The van der Waals surface area contributed by atoms with E-state index in [9.17, 15) is 9.59 Å². The van der Waals surface area contributed by atoms with Crippen LogP contribution in [0.4, 0.5) is 5.69 Å². The number of para-hydroxylation sites is 2. The predicted octanol–water partition coefficient (Wildman–Crippen LogP) is 4.87. The first kappa shape index (κ1) is 20.9. The number of nitrogens with zero attached hydrogens (tertiary/aromatic N) is 3. The minimum absolute atomic E-state index is 0.0101. The highest BCUT2D eigenvalue weighted by atomic mass is 16.2. The molecule has 5 nitrogen and oxygen atoms in total. The molecule has 0 saturated heterocycles. The van der Waals surface area contributed by atoms with Crippen molar-refractivity contribution >= 4 is 17.5 Å². The van der Waals surface area contributed by atoms with Gasteiger partial charge in [0.25, 0.3) is 0 Å². The number of fused-ring (bicyclic) bond motifs is 3. The van der Waals surface area contributed by atoms with E-state index < -0.39 is 0 Å². The molecule has 5 heteroatoms. The SMILES string of the molecule is CCC(=O)N(CC(=O)N1c2ccccc2-n2cccc2[C@@H]1c1cccc(C)c1)C(C)C. The van der Waals surface area contributed by atoms with Crippen molar-refractivity contribution in [2.45, 2.75) is 46.2 Å². The van der Waals surface area contributed by atoms with E-state index in [1.807, 2.05) is 68.3 Å². The topological polar surface area (TPSA) is 45.6 Å². The van der Waals surface area contributed by atoms with Crippen LogP contribution in [0.25, 0.3) is 5.69 Å². The van der Waals surface area contributed by atoms with Crippen molar-refractivity contribution in [3.63, 3.8) is 0 Å². The molecular formula is C26H29N3O2. The van der Waals surface area contributed by atoms with E-state index >= 15 is 0 Å². The fraction of sp³-hybridized carbons (Fsp3) is 0.308. The zero-order chi connectivity index (χ0) is 22.1. The molecule has 1 aliphatic heterocycles. The second kappa shape index (κ2) is 8.42. The van der Waals surface area contributed by atoms with Gasteiger partial charge in [0.2, 0.25) is 11.8 Å². The van der Waals surface area contributed by atoms with Gasteiger partial charge in [-0.1, -0.05) is 48.9 Å². The molecule has 0 radical (unpaired) electrons. The smallest absolute Gasteiger partial charge is 0.247 e. The summed E-state index contributed by atoms with van der Waals surface area (Å²) in [6.07, 6.45) is 2.42. The van der Waals surface area contributed by atoms with Crippen molar-refractivity contribution in [2.75, 3.05) is 11.4 Å². The highest BCUT2D eigenvalue weighted by molar-refractivity contribution is 6.00. The number of amides is 2. The van der Waals surface area contributed by atoms with E-state index in [-0.39, 0.29) is 30.4 Å². The maximum absolute atomic E-state index is 13.8. The third-order valence-electron chi connectivity index (χ3n) is 5.90. The molecule has 2 amide bonds. The van der Waals surface area contributed by atoms with E-state index in [2.05, 4.69) is 35.8 Å². The lowest BCUT2D eigenvalue weighted by Crippen LogP contribution is -2.48. The van der Waals surface area contributed by atoms with Crippen LogP contribution in [-0.4, -0.2) is 33.9 Å². The number of aryl methyl sites for hydroxylation is 1. The third-order valence-corrected chi connectivity index (χ3v) is 5.90. The van der Waals surface area contributed by atoms with Gasteiger partial charge >= 0.3 is 0 Å². The van der Waals surface area contributed by atoms with Crippen LogP contribution in [0, 0.1) is 6.92 Å². The molecule has 1 atom stereocenters. The van der Waals surface area contributed by atoms with Gasteiger partial charge in [-0.05, 0) is 50.6 Å². The van der Waals surface area contributed by atoms with Gasteiger partial charge in [-0.3, -0.25) is 14.5 Å².